The number of hydrogen-bond donors (Lipinski definition) is 1. The van der Waals surface area contributed by atoms with Crippen LogP contribution in [0.3, 0.4) is 0 Å². The number of nitrogens with zero attached hydrogens (tertiary/aromatic N) is 3. The molecular formula is C19H17F3N4O3. The third-order valence-corrected chi connectivity index (χ3v) is 4.11. The smallest absolute Gasteiger partial charge is 0.347 e. The van der Waals surface area contributed by atoms with Crippen LogP contribution in [0.2, 0.25) is 0 Å². The molecule has 2 aromatic heterocycles. The molecule has 0 fully saturated rings. The Morgan fingerprint density at radius 2 is 1.93 bits per heavy atom. The Morgan fingerprint density at radius 1 is 1.21 bits per heavy atom. The second-order valence-corrected chi connectivity index (χ2v) is 6.35. The first-order chi connectivity index (χ1) is 13.7. The molecule has 1 unspecified atom stereocenters. The second-order valence-electron chi connectivity index (χ2n) is 6.35. The van der Waals surface area contributed by atoms with Gasteiger partial charge in [-0.25, -0.2) is 0 Å². The summed E-state index contributed by atoms with van der Waals surface area (Å²) < 4.78 is 44.4. The predicted molar refractivity (Wildman–Crippen MR) is 95.8 cm³/mol. The van der Waals surface area contributed by atoms with Crippen molar-refractivity contribution < 1.29 is 22.5 Å². The van der Waals surface area contributed by atoms with Crippen molar-refractivity contribution in [3.63, 3.8) is 0 Å². The molecule has 0 aliphatic heterocycles. The highest BCUT2D eigenvalue weighted by molar-refractivity contribution is 5.76. The highest BCUT2D eigenvalue weighted by atomic mass is 19.4. The van der Waals surface area contributed by atoms with E-state index < -0.39 is 35.8 Å². The number of halogens is 3. The number of pyridine rings is 1. The summed E-state index contributed by atoms with van der Waals surface area (Å²) in [6, 6.07) is 9.84. The third-order valence-electron chi connectivity index (χ3n) is 4.11. The molecular weight excluding hydrogens is 389 g/mol. The Labute approximate surface area is 163 Å². The first-order valence-corrected chi connectivity index (χ1v) is 8.63. The first-order valence-electron chi connectivity index (χ1n) is 8.63. The van der Waals surface area contributed by atoms with Crippen molar-refractivity contribution in [3.8, 4) is 0 Å². The molecule has 1 aromatic carbocycles. The fourth-order valence-corrected chi connectivity index (χ4v) is 2.75. The summed E-state index contributed by atoms with van der Waals surface area (Å²) in [5, 5.41) is 6.42. The van der Waals surface area contributed by atoms with E-state index in [9.17, 15) is 22.8 Å². The molecule has 152 valence electrons. The summed E-state index contributed by atoms with van der Waals surface area (Å²) in [6.07, 6.45) is -3.80. The highest BCUT2D eigenvalue weighted by Gasteiger charge is 2.31. The van der Waals surface area contributed by atoms with E-state index >= 15 is 0 Å². The molecule has 2 heterocycles. The van der Waals surface area contributed by atoms with Gasteiger partial charge in [0, 0.05) is 12.3 Å². The molecule has 0 aliphatic carbocycles. The molecule has 0 bridgehead atoms. The van der Waals surface area contributed by atoms with E-state index in [1.807, 2.05) is 0 Å². The van der Waals surface area contributed by atoms with E-state index in [1.165, 1.54) is 0 Å². The largest absolute Gasteiger partial charge is 0.417 e. The summed E-state index contributed by atoms with van der Waals surface area (Å²) in [5.41, 5.74) is -0.976. The van der Waals surface area contributed by atoms with Crippen LogP contribution in [0.5, 0.6) is 0 Å². The lowest BCUT2D eigenvalue weighted by Gasteiger charge is -2.18. The van der Waals surface area contributed by atoms with E-state index in [4.69, 9.17) is 4.52 Å². The maximum atomic E-state index is 12.9. The lowest BCUT2D eigenvalue weighted by Crippen LogP contribution is -2.35. The topological polar surface area (TPSA) is 90.0 Å². The summed E-state index contributed by atoms with van der Waals surface area (Å²) >= 11 is 0. The predicted octanol–water partition coefficient (Wildman–Crippen LogP) is 2.66. The van der Waals surface area contributed by atoms with Crippen molar-refractivity contribution >= 4 is 5.91 Å². The fourth-order valence-electron chi connectivity index (χ4n) is 2.75. The number of hydrogen-bond acceptors (Lipinski definition) is 5. The Bertz CT molecular complexity index is 1040. The minimum absolute atomic E-state index is 0.189. The van der Waals surface area contributed by atoms with E-state index in [0.29, 0.717) is 24.0 Å². The number of nitrogens with one attached hydrogen (secondary N) is 1. The monoisotopic (exact) mass is 406 g/mol. The van der Waals surface area contributed by atoms with Crippen LogP contribution >= 0.6 is 0 Å². The maximum Gasteiger partial charge on any atom is 0.417 e. The van der Waals surface area contributed by atoms with Crippen molar-refractivity contribution in [2.75, 3.05) is 0 Å². The van der Waals surface area contributed by atoms with Crippen LogP contribution in [0.4, 0.5) is 13.2 Å². The summed E-state index contributed by atoms with van der Waals surface area (Å²) in [4.78, 5) is 28.5. The number of benzene rings is 1. The van der Waals surface area contributed by atoms with Gasteiger partial charge in [-0.2, -0.15) is 18.2 Å². The van der Waals surface area contributed by atoms with Crippen LogP contribution < -0.4 is 10.9 Å². The standard InChI is InChI=1S/C19H17F3N4O3/c1-12-23-17(29-25-12)9-15(13-5-3-2-4-6-13)24-16(27)11-26-10-14(19(20,21)22)7-8-18(26)28/h2-8,10,15H,9,11H2,1H3,(H,24,27). The molecule has 0 radical (unpaired) electrons. The van der Waals surface area contributed by atoms with Crippen molar-refractivity contribution in [2.24, 2.45) is 0 Å². The molecule has 7 nitrogen and oxygen atoms in total. The Kier molecular flexibility index (Phi) is 5.81. The van der Waals surface area contributed by atoms with Gasteiger partial charge in [-0.3, -0.25) is 9.59 Å². The van der Waals surface area contributed by atoms with Crippen LogP contribution in [0.1, 0.15) is 28.9 Å². The van der Waals surface area contributed by atoms with Crippen molar-refractivity contribution in [2.45, 2.75) is 32.1 Å². The highest BCUT2D eigenvalue weighted by Crippen LogP contribution is 2.28. The molecule has 0 spiro atoms. The van der Waals surface area contributed by atoms with E-state index in [2.05, 4.69) is 15.5 Å². The molecule has 29 heavy (non-hydrogen) atoms. The lowest BCUT2D eigenvalue weighted by atomic mass is 10.0. The van der Waals surface area contributed by atoms with Gasteiger partial charge in [0.1, 0.15) is 6.54 Å². The zero-order chi connectivity index (χ0) is 21.0. The molecule has 0 aliphatic rings. The van der Waals surface area contributed by atoms with Crippen molar-refractivity contribution in [1.82, 2.24) is 20.0 Å². The van der Waals surface area contributed by atoms with Gasteiger partial charge < -0.3 is 14.4 Å². The van der Waals surface area contributed by atoms with Gasteiger partial charge in [0.05, 0.1) is 18.0 Å². The number of aryl methyl sites for hydroxylation is 1. The van der Waals surface area contributed by atoms with E-state index in [0.717, 1.165) is 16.2 Å². The van der Waals surface area contributed by atoms with Gasteiger partial charge >= 0.3 is 6.18 Å². The fraction of sp³-hybridized carbons (Fsp3) is 0.263. The third kappa shape index (κ3) is 5.31. The molecule has 1 N–H and O–H groups in total. The maximum absolute atomic E-state index is 12.9. The zero-order valence-electron chi connectivity index (χ0n) is 15.3. The van der Waals surface area contributed by atoms with Gasteiger partial charge in [0.2, 0.25) is 11.8 Å². The van der Waals surface area contributed by atoms with Crippen LogP contribution in [-0.4, -0.2) is 20.6 Å². The molecule has 10 heteroatoms. The number of rotatable bonds is 6. The second kappa shape index (κ2) is 8.29. The van der Waals surface area contributed by atoms with Crippen molar-refractivity contribution in [1.29, 1.82) is 0 Å². The average molecular weight is 406 g/mol. The van der Waals surface area contributed by atoms with E-state index in [-0.39, 0.29) is 6.42 Å². The normalized spacial score (nSPS) is 12.6. The summed E-state index contributed by atoms with van der Waals surface area (Å²) in [6.45, 7) is 1.10. The summed E-state index contributed by atoms with van der Waals surface area (Å²) in [5.74, 6) is 0.109. The summed E-state index contributed by atoms with van der Waals surface area (Å²) in [7, 11) is 0. The molecule has 0 saturated carbocycles. The molecule has 3 aromatic rings. The molecule has 3 rings (SSSR count). The SMILES string of the molecule is Cc1noc(CC(NC(=O)Cn2cc(C(F)(F)F)ccc2=O)c2ccccc2)n1. The van der Waals surface area contributed by atoms with Gasteiger partial charge in [-0.15, -0.1) is 0 Å². The van der Waals surface area contributed by atoms with Crippen molar-refractivity contribution in [3.05, 3.63) is 81.9 Å². The minimum Gasteiger partial charge on any atom is -0.347 e. The number of alkyl halides is 3. The van der Waals surface area contributed by atoms with Gasteiger partial charge in [0.15, 0.2) is 5.82 Å². The molecule has 1 atom stereocenters. The van der Waals surface area contributed by atoms with Crippen LogP contribution in [0.15, 0.2) is 58.0 Å². The first kappa shape index (κ1) is 20.3. The van der Waals surface area contributed by atoms with Crippen LogP contribution in [0, 0.1) is 6.92 Å². The molecule has 1 amide bonds. The number of amides is 1. The lowest BCUT2D eigenvalue weighted by molar-refractivity contribution is -0.138. The number of carbonyl (C=O) groups is 1. The Balaban J connectivity index is 1.79. The quantitative estimate of drug-likeness (QED) is 0.680. The van der Waals surface area contributed by atoms with Gasteiger partial charge in [-0.1, -0.05) is 35.5 Å². The number of aromatic nitrogens is 3. The van der Waals surface area contributed by atoms with Crippen LogP contribution in [0.25, 0.3) is 0 Å². The Morgan fingerprint density at radius 3 is 2.55 bits per heavy atom. The average Bonchev–Trinajstić information content (AvgIpc) is 3.07. The minimum atomic E-state index is -4.62. The number of carbonyl (C=O) groups excluding carboxylic acids is 1. The van der Waals surface area contributed by atoms with Crippen LogP contribution in [-0.2, 0) is 23.9 Å². The molecule has 0 saturated heterocycles. The van der Waals surface area contributed by atoms with Gasteiger partial charge in [-0.05, 0) is 18.6 Å². The Hall–Kier alpha value is -3.43. The van der Waals surface area contributed by atoms with Gasteiger partial charge in [0.25, 0.3) is 5.56 Å². The zero-order valence-corrected chi connectivity index (χ0v) is 15.3. The van der Waals surface area contributed by atoms with E-state index in [1.54, 1.807) is 37.3 Å².